The van der Waals surface area contributed by atoms with Crippen molar-refractivity contribution in [1.29, 1.82) is 0 Å². The van der Waals surface area contributed by atoms with Gasteiger partial charge in [-0.25, -0.2) is 4.57 Å². The zero-order chi connectivity index (χ0) is 21.2. The van der Waals surface area contributed by atoms with Crippen molar-refractivity contribution in [3.63, 3.8) is 0 Å². The molecule has 0 saturated carbocycles. The molecule has 1 atom stereocenters. The number of carbonyl (C=O) groups is 1. The first-order valence-corrected chi connectivity index (χ1v) is 10.6. The van der Waals surface area contributed by atoms with Crippen molar-refractivity contribution in [3.8, 4) is 11.5 Å². The smallest absolute Gasteiger partial charge is 0.736 e. The van der Waals surface area contributed by atoms with Gasteiger partial charge < -0.3 is 13.9 Å². The third-order valence-corrected chi connectivity index (χ3v) is 5.21. The Labute approximate surface area is 199 Å². The molecule has 5 nitrogen and oxygen atoms in total. The molecule has 0 saturated heterocycles. The van der Waals surface area contributed by atoms with Crippen LogP contribution >= 0.6 is 7.82 Å². The van der Waals surface area contributed by atoms with E-state index in [2.05, 4.69) is 0 Å². The first kappa shape index (κ1) is 24.4. The quantitative estimate of drug-likeness (QED) is 0.339. The number of hydrogen-bond donors (Lipinski definition) is 0. The molecule has 3 aromatic rings. The van der Waals surface area contributed by atoms with Gasteiger partial charge in [0.1, 0.15) is 11.5 Å². The van der Waals surface area contributed by atoms with E-state index in [1.165, 1.54) is 0 Å². The Morgan fingerprint density at radius 3 is 1.87 bits per heavy atom. The Morgan fingerprint density at radius 2 is 1.33 bits per heavy atom. The summed E-state index contributed by atoms with van der Waals surface area (Å²) in [7, 11) is -4.66. The molecule has 0 radical (unpaired) electrons. The first-order chi connectivity index (χ1) is 13.6. The molecule has 7 heteroatoms. The Balaban J connectivity index is 0.00000320. The van der Waals surface area contributed by atoms with Crippen LogP contribution in [0.2, 0.25) is 0 Å². The molecular weight excluding hydrogens is 410 g/mol. The van der Waals surface area contributed by atoms with Crippen LogP contribution in [0.3, 0.4) is 0 Å². The van der Waals surface area contributed by atoms with Crippen molar-refractivity contribution < 1.29 is 52.9 Å². The minimum Gasteiger partial charge on any atom is -0.736 e. The van der Waals surface area contributed by atoms with Gasteiger partial charge in [0, 0.05) is 11.1 Å². The predicted molar refractivity (Wildman–Crippen MR) is 111 cm³/mol. The Bertz CT molecular complexity index is 1070. The van der Waals surface area contributed by atoms with E-state index in [-0.39, 0.29) is 46.8 Å². The predicted octanol–water partition coefficient (Wildman–Crippen LogP) is 2.08. The van der Waals surface area contributed by atoms with Crippen LogP contribution in [-0.4, -0.2) is 5.78 Å². The number of phosphoric ester groups is 1. The normalized spacial score (nSPS) is 12.4. The molecular formula is C23H22NaO5P. The second-order valence-electron chi connectivity index (χ2n) is 7.09. The Hall–Kier alpha value is -1.88. The summed E-state index contributed by atoms with van der Waals surface area (Å²) in [6.45, 7) is 7.10. The van der Waals surface area contributed by atoms with E-state index in [4.69, 9.17) is 9.05 Å². The summed E-state index contributed by atoms with van der Waals surface area (Å²) in [5, 5.41) is 0. The first-order valence-electron chi connectivity index (χ1n) is 9.14. The average Bonchev–Trinajstić information content (AvgIpc) is 2.63. The van der Waals surface area contributed by atoms with Gasteiger partial charge in [0.25, 0.3) is 0 Å². The molecule has 3 aromatic carbocycles. The molecule has 0 bridgehead atoms. The number of carbonyl (C=O) groups excluding carboxylic acids is 1. The molecule has 0 aliphatic rings. The summed E-state index contributed by atoms with van der Waals surface area (Å²) in [4.78, 5) is 25.1. The van der Waals surface area contributed by atoms with E-state index in [1.807, 2.05) is 26.0 Å². The monoisotopic (exact) mass is 432 g/mol. The van der Waals surface area contributed by atoms with E-state index in [1.54, 1.807) is 62.4 Å². The van der Waals surface area contributed by atoms with E-state index in [0.29, 0.717) is 22.3 Å². The second-order valence-corrected chi connectivity index (χ2v) is 8.35. The third kappa shape index (κ3) is 6.07. The molecule has 0 aliphatic heterocycles. The molecule has 0 aromatic heterocycles. The molecule has 0 fully saturated rings. The minimum atomic E-state index is -4.66. The average molecular weight is 432 g/mol. The van der Waals surface area contributed by atoms with Gasteiger partial charge in [-0.3, -0.25) is 4.79 Å². The third-order valence-electron chi connectivity index (χ3n) is 4.37. The van der Waals surface area contributed by atoms with Crippen molar-refractivity contribution in [3.05, 3.63) is 94.0 Å². The summed E-state index contributed by atoms with van der Waals surface area (Å²) >= 11 is 0. The number of ketones is 1. The van der Waals surface area contributed by atoms with Crippen LogP contribution in [0.4, 0.5) is 0 Å². The van der Waals surface area contributed by atoms with Crippen molar-refractivity contribution in [2.45, 2.75) is 27.7 Å². The molecule has 0 heterocycles. The van der Waals surface area contributed by atoms with E-state index >= 15 is 0 Å². The van der Waals surface area contributed by atoms with Gasteiger partial charge in [0.15, 0.2) is 5.78 Å². The zero-order valence-electron chi connectivity index (χ0n) is 17.8. The number of hydrogen-bond acceptors (Lipinski definition) is 5. The number of benzene rings is 3. The maximum atomic E-state index is 12.7. The number of phosphoric acid groups is 1. The molecule has 0 amide bonds. The minimum absolute atomic E-state index is 0. The van der Waals surface area contributed by atoms with Gasteiger partial charge in [0.05, 0.1) is 0 Å². The Kier molecular flexibility index (Phi) is 8.09. The zero-order valence-corrected chi connectivity index (χ0v) is 20.7. The standard InChI is InChI=1S/C23H23O5P.Na/c1-15-10-16(2)12-21(11-15)27-29(25,26)28-23-17(3)13-20(14-18(23)4)22(24)19-8-6-5-7-9-19;/h5-14H,1-4H3,(H,25,26);/q;+1/p-1. The fourth-order valence-electron chi connectivity index (χ4n) is 3.23. The maximum absolute atomic E-state index is 12.7. The summed E-state index contributed by atoms with van der Waals surface area (Å²) in [5.74, 6) is 0.226. The molecule has 30 heavy (non-hydrogen) atoms. The van der Waals surface area contributed by atoms with Gasteiger partial charge >= 0.3 is 37.4 Å². The van der Waals surface area contributed by atoms with E-state index < -0.39 is 7.82 Å². The maximum Gasteiger partial charge on any atom is 1.00 e. The summed E-state index contributed by atoms with van der Waals surface area (Å²) in [6, 6.07) is 17.3. The van der Waals surface area contributed by atoms with Gasteiger partial charge in [-0.05, 0) is 74.2 Å². The second kappa shape index (κ2) is 9.95. The van der Waals surface area contributed by atoms with Gasteiger partial charge in [-0.1, -0.05) is 36.4 Å². The fraction of sp³-hybridized carbons (Fsp3) is 0.174. The summed E-state index contributed by atoms with van der Waals surface area (Å²) < 4.78 is 22.8. The van der Waals surface area contributed by atoms with Crippen molar-refractivity contribution in [2.24, 2.45) is 0 Å². The van der Waals surface area contributed by atoms with E-state index in [9.17, 15) is 14.3 Å². The van der Waals surface area contributed by atoms with Crippen LogP contribution in [-0.2, 0) is 4.57 Å². The topological polar surface area (TPSA) is 75.7 Å². The van der Waals surface area contributed by atoms with Crippen molar-refractivity contribution >= 4 is 13.6 Å². The summed E-state index contributed by atoms with van der Waals surface area (Å²) in [6.07, 6.45) is 0. The molecule has 0 N–H and O–H groups in total. The van der Waals surface area contributed by atoms with E-state index in [0.717, 1.165) is 11.1 Å². The fourth-order valence-corrected chi connectivity index (χ4v) is 4.14. The van der Waals surface area contributed by atoms with Crippen LogP contribution in [0.25, 0.3) is 0 Å². The number of rotatable bonds is 6. The molecule has 1 unspecified atom stereocenters. The van der Waals surface area contributed by atoms with Gasteiger partial charge in [-0.2, -0.15) is 0 Å². The van der Waals surface area contributed by atoms with Crippen molar-refractivity contribution in [2.75, 3.05) is 0 Å². The van der Waals surface area contributed by atoms with Crippen molar-refractivity contribution in [1.82, 2.24) is 0 Å². The van der Waals surface area contributed by atoms with Crippen LogP contribution in [0, 0.1) is 27.7 Å². The SMILES string of the molecule is Cc1cc(C)cc(OP(=O)([O-])Oc2c(C)cc(C(=O)c3ccccc3)cc2C)c1.[Na+]. The van der Waals surface area contributed by atoms with Crippen LogP contribution in [0.1, 0.15) is 38.2 Å². The largest absolute Gasteiger partial charge is 1.00 e. The van der Waals surface area contributed by atoms with Crippen LogP contribution in [0.15, 0.2) is 60.7 Å². The molecule has 150 valence electrons. The molecule has 0 aliphatic carbocycles. The molecule has 0 spiro atoms. The van der Waals surface area contributed by atoms with Crippen LogP contribution in [0.5, 0.6) is 11.5 Å². The molecule has 3 rings (SSSR count). The van der Waals surface area contributed by atoms with Gasteiger partial charge in [-0.15, -0.1) is 0 Å². The summed E-state index contributed by atoms with van der Waals surface area (Å²) in [5.41, 5.74) is 3.86. The van der Waals surface area contributed by atoms with Crippen LogP contribution < -0.4 is 43.5 Å². The Morgan fingerprint density at radius 1 is 0.800 bits per heavy atom. The number of aryl methyl sites for hydroxylation is 4. The van der Waals surface area contributed by atoms with Gasteiger partial charge in [0.2, 0.25) is 0 Å².